The van der Waals surface area contributed by atoms with Gasteiger partial charge in [0.2, 0.25) is 0 Å². The second kappa shape index (κ2) is 4.02. The third-order valence-electron chi connectivity index (χ3n) is 2.87. The molecule has 0 aliphatic rings. The average Bonchev–Trinajstić information content (AvgIpc) is 2.32. The number of rotatable bonds is 1. The lowest BCUT2D eigenvalue weighted by Gasteiger charge is -2.16. The zero-order valence-corrected chi connectivity index (χ0v) is 10.4. The van der Waals surface area contributed by atoms with Crippen molar-refractivity contribution in [3.8, 4) is 6.07 Å². The third-order valence-corrected chi connectivity index (χ3v) is 2.87. The van der Waals surface area contributed by atoms with Gasteiger partial charge in [-0.3, -0.25) is 0 Å². The van der Waals surface area contributed by atoms with E-state index in [1.807, 2.05) is 45.0 Å². The van der Waals surface area contributed by atoms with Crippen molar-refractivity contribution in [3.05, 3.63) is 29.1 Å². The Morgan fingerprint density at radius 2 is 1.59 bits per heavy atom. The molecule has 0 saturated heterocycles. The van der Waals surface area contributed by atoms with E-state index in [-0.39, 0.29) is 0 Å². The van der Waals surface area contributed by atoms with Crippen LogP contribution in [0.4, 0.5) is 5.69 Å². The number of hydrogen-bond acceptors (Lipinski definition) is 4. The highest BCUT2D eigenvalue weighted by molar-refractivity contribution is 5.91. The number of nitriles is 1. The van der Waals surface area contributed by atoms with E-state index in [0.717, 1.165) is 27.8 Å². The summed E-state index contributed by atoms with van der Waals surface area (Å²) in [5.74, 6) is 0. The van der Waals surface area contributed by atoms with Gasteiger partial charge >= 0.3 is 0 Å². The Bertz CT molecular complexity index is 623. The molecule has 2 rings (SSSR count). The van der Waals surface area contributed by atoms with E-state index in [4.69, 9.17) is 0 Å². The predicted octanol–water partition coefficient (Wildman–Crippen LogP) is 2.18. The zero-order chi connectivity index (χ0) is 12.6. The fraction of sp³-hybridized carbons (Fsp3) is 0.308. The van der Waals surface area contributed by atoms with E-state index in [1.54, 1.807) is 0 Å². The van der Waals surface area contributed by atoms with Gasteiger partial charge < -0.3 is 4.90 Å². The number of anilines is 1. The van der Waals surface area contributed by atoms with Crippen LogP contribution >= 0.6 is 0 Å². The van der Waals surface area contributed by atoms with Crippen molar-refractivity contribution in [2.45, 2.75) is 13.8 Å². The highest BCUT2D eigenvalue weighted by Gasteiger charge is 2.10. The predicted molar refractivity (Wildman–Crippen MR) is 68.1 cm³/mol. The van der Waals surface area contributed by atoms with E-state index in [2.05, 4.69) is 16.3 Å². The standard InChI is InChI=1S/C13H14N4/c1-8-11-5-10(7-14)13(17(3)4)6-12(11)9(2)16-15-8/h5-6H,1-4H3. The zero-order valence-electron chi connectivity index (χ0n) is 10.4. The summed E-state index contributed by atoms with van der Waals surface area (Å²) in [6.45, 7) is 3.84. The molecular formula is C13H14N4. The monoisotopic (exact) mass is 226 g/mol. The maximum Gasteiger partial charge on any atom is 0.101 e. The smallest absolute Gasteiger partial charge is 0.101 e. The fourth-order valence-electron chi connectivity index (χ4n) is 1.90. The van der Waals surface area contributed by atoms with Crippen LogP contribution in [0.25, 0.3) is 10.8 Å². The van der Waals surface area contributed by atoms with Crippen molar-refractivity contribution in [1.29, 1.82) is 5.26 Å². The maximum absolute atomic E-state index is 9.17. The van der Waals surface area contributed by atoms with E-state index < -0.39 is 0 Å². The minimum atomic E-state index is 0.665. The first kappa shape index (κ1) is 11.3. The topological polar surface area (TPSA) is 52.8 Å². The number of fused-ring (bicyclic) bond motifs is 1. The molecule has 1 heterocycles. The lowest BCUT2D eigenvalue weighted by atomic mass is 10.0. The van der Waals surface area contributed by atoms with Crippen LogP contribution in [0.1, 0.15) is 17.0 Å². The molecule has 4 heteroatoms. The van der Waals surface area contributed by atoms with Crippen LogP contribution in [0.2, 0.25) is 0 Å². The van der Waals surface area contributed by atoms with E-state index >= 15 is 0 Å². The van der Waals surface area contributed by atoms with E-state index in [9.17, 15) is 5.26 Å². The minimum Gasteiger partial charge on any atom is -0.377 e. The van der Waals surface area contributed by atoms with Crippen molar-refractivity contribution in [1.82, 2.24) is 10.2 Å². The molecule has 0 spiro atoms. The van der Waals surface area contributed by atoms with Gasteiger partial charge in [-0.25, -0.2) is 0 Å². The summed E-state index contributed by atoms with van der Waals surface area (Å²) in [6.07, 6.45) is 0. The Balaban J connectivity index is 2.89. The molecule has 0 aliphatic heterocycles. The molecule has 17 heavy (non-hydrogen) atoms. The average molecular weight is 226 g/mol. The maximum atomic E-state index is 9.17. The molecule has 0 bridgehead atoms. The van der Waals surface area contributed by atoms with Gasteiger partial charge in [-0.1, -0.05) is 0 Å². The quantitative estimate of drug-likeness (QED) is 0.748. The molecule has 0 unspecified atom stereocenters. The molecule has 0 N–H and O–H groups in total. The van der Waals surface area contributed by atoms with Crippen molar-refractivity contribution < 1.29 is 0 Å². The summed E-state index contributed by atoms with van der Waals surface area (Å²) in [5, 5.41) is 19.4. The van der Waals surface area contributed by atoms with Gasteiger partial charge in [-0.05, 0) is 26.0 Å². The normalized spacial score (nSPS) is 10.3. The van der Waals surface area contributed by atoms with Gasteiger partial charge in [-0.2, -0.15) is 15.5 Å². The van der Waals surface area contributed by atoms with Crippen LogP contribution < -0.4 is 4.90 Å². The first-order valence-corrected chi connectivity index (χ1v) is 5.39. The fourth-order valence-corrected chi connectivity index (χ4v) is 1.90. The summed E-state index contributed by atoms with van der Waals surface area (Å²) in [5.41, 5.74) is 3.32. The Morgan fingerprint density at radius 1 is 1.06 bits per heavy atom. The summed E-state index contributed by atoms with van der Waals surface area (Å²) in [6, 6.07) is 6.12. The second-order valence-corrected chi connectivity index (χ2v) is 4.29. The summed E-state index contributed by atoms with van der Waals surface area (Å²) in [7, 11) is 3.86. The van der Waals surface area contributed by atoms with Crippen LogP contribution in [-0.4, -0.2) is 24.3 Å². The SMILES string of the molecule is Cc1nnc(C)c2cc(N(C)C)c(C#N)cc12. The Hall–Kier alpha value is -2.15. The van der Waals surface area contributed by atoms with Crippen molar-refractivity contribution in [2.24, 2.45) is 0 Å². The van der Waals surface area contributed by atoms with Gasteiger partial charge in [-0.15, -0.1) is 0 Å². The lowest BCUT2D eigenvalue weighted by Crippen LogP contribution is -2.10. The summed E-state index contributed by atoms with van der Waals surface area (Å²) in [4.78, 5) is 1.94. The Labute approximate surface area is 100 Å². The number of hydrogen-bond donors (Lipinski definition) is 0. The number of benzene rings is 1. The lowest BCUT2D eigenvalue weighted by molar-refractivity contribution is 0.963. The van der Waals surface area contributed by atoms with Gasteiger partial charge in [0.05, 0.1) is 22.6 Å². The number of aromatic nitrogens is 2. The van der Waals surface area contributed by atoms with E-state index in [0.29, 0.717) is 5.56 Å². The molecule has 0 fully saturated rings. The molecule has 0 aliphatic carbocycles. The molecule has 4 nitrogen and oxygen atoms in total. The summed E-state index contributed by atoms with van der Waals surface area (Å²) < 4.78 is 0. The molecule has 1 aromatic carbocycles. The third kappa shape index (κ3) is 1.80. The van der Waals surface area contributed by atoms with Gasteiger partial charge in [0, 0.05) is 24.9 Å². The molecule has 1 aromatic heterocycles. The Kier molecular flexibility index (Phi) is 2.68. The van der Waals surface area contributed by atoms with Gasteiger partial charge in [0.25, 0.3) is 0 Å². The van der Waals surface area contributed by atoms with Crippen molar-refractivity contribution in [2.75, 3.05) is 19.0 Å². The largest absolute Gasteiger partial charge is 0.377 e. The Morgan fingerprint density at radius 3 is 2.06 bits per heavy atom. The van der Waals surface area contributed by atoms with Crippen LogP contribution in [0, 0.1) is 25.2 Å². The van der Waals surface area contributed by atoms with Crippen LogP contribution in [0.15, 0.2) is 12.1 Å². The second-order valence-electron chi connectivity index (χ2n) is 4.29. The van der Waals surface area contributed by atoms with Crippen molar-refractivity contribution in [3.63, 3.8) is 0 Å². The minimum absolute atomic E-state index is 0.665. The van der Waals surface area contributed by atoms with Crippen LogP contribution in [-0.2, 0) is 0 Å². The summed E-state index contributed by atoms with van der Waals surface area (Å²) >= 11 is 0. The first-order valence-electron chi connectivity index (χ1n) is 5.39. The first-order chi connectivity index (χ1) is 8.04. The van der Waals surface area contributed by atoms with E-state index in [1.165, 1.54) is 0 Å². The number of nitrogens with zero attached hydrogens (tertiary/aromatic N) is 4. The van der Waals surface area contributed by atoms with Crippen LogP contribution in [0.5, 0.6) is 0 Å². The molecular weight excluding hydrogens is 212 g/mol. The molecule has 86 valence electrons. The van der Waals surface area contributed by atoms with Gasteiger partial charge in [0.15, 0.2) is 0 Å². The molecule has 0 saturated carbocycles. The molecule has 0 atom stereocenters. The highest BCUT2D eigenvalue weighted by Crippen LogP contribution is 2.27. The molecule has 2 aromatic rings. The van der Waals surface area contributed by atoms with Crippen LogP contribution in [0.3, 0.4) is 0 Å². The highest BCUT2D eigenvalue weighted by atomic mass is 15.1. The van der Waals surface area contributed by atoms with Gasteiger partial charge in [0.1, 0.15) is 6.07 Å². The molecule has 0 radical (unpaired) electrons. The number of aryl methyl sites for hydroxylation is 2. The molecule has 0 amide bonds. The van der Waals surface area contributed by atoms with Crippen molar-refractivity contribution >= 4 is 16.5 Å².